The normalized spacial score (nSPS) is 13.2. The average Bonchev–Trinajstić information content (AvgIpc) is 2.65. The summed E-state index contributed by atoms with van der Waals surface area (Å²) in [6.07, 6.45) is 0. The maximum absolute atomic E-state index is 11.0. The molecule has 0 fully saturated rings. The van der Waals surface area contributed by atoms with E-state index in [1.807, 2.05) is 14.1 Å². The highest BCUT2D eigenvalue weighted by molar-refractivity contribution is 7.89. The van der Waals surface area contributed by atoms with Gasteiger partial charge in [-0.3, -0.25) is 0 Å². The van der Waals surface area contributed by atoms with E-state index in [-0.39, 0.29) is 10.6 Å². The molecule has 0 aromatic carbocycles. The SMILES string of the molecule is CN(C)C(C)(C)CNCc1ccc(S(N)(=O)=O)o1. The number of nitrogens with two attached hydrogens (primary N) is 1. The number of nitrogens with one attached hydrogen (secondary N) is 1. The predicted octanol–water partition coefficient (Wildman–Crippen LogP) is 0.357. The zero-order chi connectivity index (χ0) is 14.0. The van der Waals surface area contributed by atoms with Crippen molar-refractivity contribution < 1.29 is 12.8 Å². The highest BCUT2D eigenvalue weighted by Gasteiger charge is 2.20. The van der Waals surface area contributed by atoms with Gasteiger partial charge >= 0.3 is 0 Å². The summed E-state index contributed by atoms with van der Waals surface area (Å²) >= 11 is 0. The van der Waals surface area contributed by atoms with Gasteiger partial charge in [0.05, 0.1) is 6.54 Å². The second-order valence-corrected chi connectivity index (χ2v) is 6.57. The van der Waals surface area contributed by atoms with Crippen molar-refractivity contribution in [3.63, 3.8) is 0 Å². The molecular weight excluding hydrogens is 254 g/mol. The van der Waals surface area contributed by atoms with Gasteiger partial charge in [0.15, 0.2) is 0 Å². The van der Waals surface area contributed by atoms with Gasteiger partial charge in [-0.15, -0.1) is 0 Å². The molecule has 0 spiro atoms. The average molecular weight is 275 g/mol. The maximum atomic E-state index is 11.0. The van der Waals surface area contributed by atoms with Crippen LogP contribution in [0.4, 0.5) is 0 Å². The molecule has 7 heteroatoms. The number of hydrogen-bond acceptors (Lipinski definition) is 5. The fourth-order valence-electron chi connectivity index (χ4n) is 1.26. The minimum absolute atomic E-state index is 0.00929. The number of hydrogen-bond donors (Lipinski definition) is 2. The smallest absolute Gasteiger partial charge is 0.271 e. The van der Waals surface area contributed by atoms with E-state index in [0.717, 1.165) is 6.54 Å². The quantitative estimate of drug-likeness (QED) is 0.782. The number of sulfonamides is 1. The summed E-state index contributed by atoms with van der Waals surface area (Å²) in [5.41, 5.74) is 0.00929. The van der Waals surface area contributed by atoms with Crippen molar-refractivity contribution in [3.05, 3.63) is 17.9 Å². The zero-order valence-corrected chi connectivity index (χ0v) is 12.0. The van der Waals surface area contributed by atoms with Crippen LogP contribution in [0.2, 0.25) is 0 Å². The highest BCUT2D eigenvalue weighted by Crippen LogP contribution is 2.13. The van der Waals surface area contributed by atoms with Crippen LogP contribution in [0, 0.1) is 0 Å². The van der Waals surface area contributed by atoms with Crippen LogP contribution in [0.1, 0.15) is 19.6 Å². The lowest BCUT2D eigenvalue weighted by Gasteiger charge is -2.32. The van der Waals surface area contributed by atoms with E-state index in [0.29, 0.717) is 12.3 Å². The molecule has 0 bridgehead atoms. The van der Waals surface area contributed by atoms with Gasteiger partial charge in [0.2, 0.25) is 5.09 Å². The van der Waals surface area contributed by atoms with Gasteiger partial charge in [-0.2, -0.15) is 0 Å². The van der Waals surface area contributed by atoms with Crippen molar-refractivity contribution in [2.75, 3.05) is 20.6 Å². The molecule has 0 saturated heterocycles. The van der Waals surface area contributed by atoms with Crippen LogP contribution in [-0.4, -0.2) is 39.5 Å². The van der Waals surface area contributed by atoms with Crippen molar-refractivity contribution in [1.82, 2.24) is 10.2 Å². The Hall–Kier alpha value is -0.890. The zero-order valence-electron chi connectivity index (χ0n) is 11.2. The molecule has 6 nitrogen and oxygen atoms in total. The van der Waals surface area contributed by atoms with Crippen molar-refractivity contribution in [2.24, 2.45) is 5.14 Å². The fraction of sp³-hybridized carbons (Fsp3) is 0.636. The van der Waals surface area contributed by atoms with Crippen LogP contribution >= 0.6 is 0 Å². The molecule has 0 amide bonds. The van der Waals surface area contributed by atoms with Gasteiger partial charge in [-0.1, -0.05) is 0 Å². The lowest BCUT2D eigenvalue weighted by Crippen LogP contribution is -2.46. The van der Waals surface area contributed by atoms with Crippen LogP contribution in [-0.2, 0) is 16.6 Å². The lowest BCUT2D eigenvalue weighted by molar-refractivity contribution is 0.188. The van der Waals surface area contributed by atoms with Crippen molar-refractivity contribution >= 4 is 10.0 Å². The van der Waals surface area contributed by atoms with Crippen LogP contribution < -0.4 is 10.5 Å². The van der Waals surface area contributed by atoms with Gasteiger partial charge < -0.3 is 14.6 Å². The standard InChI is InChI=1S/C11H21N3O3S/c1-11(2,14(3)4)8-13-7-9-5-6-10(17-9)18(12,15)16/h5-6,13H,7-8H2,1-4H3,(H2,12,15,16). The van der Waals surface area contributed by atoms with Crippen molar-refractivity contribution in [2.45, 2.75) is 31.0 Å². The van der Waals surface area contributed by atoms with E-state index in [1.165, 1.54) is 6.07 Å². The molecule has 0 unspecified atom stereocenters. The van der Waals surface area contributed by atoms with Crippen LogP contribution in [0.25, 0.3) is 0 Å². The van der Waals surface area contributed by atoms with E-state index in [1.54, 1.807) is 6.07 Å². The van der Waals surface area contributed by atoms with Crippen LogP contribution in [0.15, 0.2) is 21.6 Å². The molecule has 0 aliphatic rings. The second kappa shape index (κ2) is 5.40. The molecule has 104 valence electrons. The Balaban J connectivity index is 2.53. The topological polar surface area (TPSA) is 88.6 Å². The molecule has 0 aliphatic heterocycles. The Bertz CT molecular complexity index is 491. The molecule has 0 saturated carbocycles. The first-order valence-electron chi connectivity index (χ1n) is 5.62. The van der Waals surface area contributed by atoms with Crippen LogP contribution in [0.3, 0.4) is 0 Å². The Labute approximate surface area is 108 Å². The summed E-state index contributed by atoms with van der Waals surface area (Å²) in [5, 5.41) is 7.97. The third-order valence-corrected chi connectivity index (χ3v) is 3.77. The molecule has 0 radical (unpaired) electrons. The minimum Gasteiger partial charge on any atom is -0.447 e. The Morgan fingerprint density at radius 3 is 2.44 bits per heavy atom. The van der Waals surface area contributed by atoms with Gasteiger partial charge in [-0.25, -0.2) is 13.6 Å². The van der Waals surface area contributed by atoms with E-state index in [2.05, 4.69) is 24.1 Å². The third-order valence-electron chi connectivity index (χ3n) is 2.98. The summed E-state index contributed by atoms with van der Waals surface area (Å²) in [6.45, 7) is 5.44. The van der Waals surface area contributed by atoms with Crippen molar-refractivity contribution in [3.8, 4) is 0 Å². The minimum atomic E-state index is -3.75. The number of likely N-dealkylation sites (N-methyl/N-ethyl adjacent to an activating group) is 1. The maximum Gasteiger partial charge on any atom is 0.271 e. The molecule has 0 atom stereocenters. The molecule has 1 aromatic rings. The van der Waals surface area contributed by atoms with Gasteiger partial charge in [0, 0.05) is 12.1 Å². The summed E-state index contributed by atoms with van der Waals surface area (Å²) < 4.78 is 27.2. The largest absolute Gasteiger partial charge is 0.447 e. The first-order chi connectivity index (χ1) is 8.13. The highest BCUT2D eigenvalue weighted by atomic mass is 32.2. The van der Waals surface area contributed by atoms with E-state index < -0.39 is 10.0 Å². The van der Waals surface area contributed by atoms with Gasteiger partial charge in [0.25, 0.3) is 10.0 Å². The number of primary sulfonamides is 1. The molecule has 1 aromatic heterocycles. The first kappa shape index (κ1) is 15.2. The molecule has 0 aliphatic carbocycles. The number of nitrogens with zero attached hydrogens (tertiary/aromatic N) is 1. The Kier molecular flexibility index (Phi) is 4.55. The molecule has 18 heavy (non-hydrogen) atoms. The van der Waals surface area contributed by atoms with E-state index >= 15 is 0 Å². The number of rotatable bonds is 6. The van der Waals surface area contributed by atoms with E-state index in [4.69, 9.17) is 9.56 Å². The Morgan fingerprint density at radius 1 is 1.39 bits per heavy atom. The number of furan rings is 1. The summed E-state index contributed by atoms with van der Waals surface area (Å²) in [5.74, 6) is 0.550. The van der Waals surface area contributed by atoms with E-state index in [9.17, 15) is 8.42 Å². The fourth-order valence-corrected chi connectivity index (χ4v) is 1.74. The monoisotopic (exact) mass is 275 g/mol. The summed E-state index contributed by atoms with van der Waals surface area (Å²) in [4.78, 5) is 2.11. The molecular formula is C11H21N3O3S. The van der Waals surface area contributed by atoms with Crippen molar-refractivity contribution in [1.29, 1.82) is 0 Å². The molecule has 3 N–H and O–H groups in total. The van der Waals surface area contributed by atoms with Crippen LogP contribution in [0.5, 0.6) is 0 Å². The lowest BCUT2D eigenvalue weighted by atomic mass is 10.0. The molecule has 1 rings (SSSR count). The predicted molar refractivity (Wildman–Crippen MR) is 69.6 cm³/mol. The van der Waals surface area contributed by atoms with Gasteiger partial charge in [0.1, 0.15) is 5.76 Å². The van der Waals surface area contributed by atoms with Gasteiger partial charge in [-0.05, 0) is 40.1 Å². The Morgan fingerprint density at radius 2 is 2.00 bits per heavy atom. The third kappa shape index (κ3) is 4.09. The summed E-state index contributed by atoms with van der Waals surface area (Å²) in [6, 6.07) is 2.97. The molecule has 1 heterocycles. The second-order valence-electron chi connectivity index (χ2n) is 5.08. The summed E-state index contributed by atoms with van der Waals surface area (Å²) in [7, 11) is 0.264. The first-order valence-corrected chi connectivity index (χ1v) is 7.17.